The average molecular weight is 291 g/mol. The van der Waals surface area contributed by atoms with Crippen LogP contribution in [0.3, 0.4) is 0 Å². The predicted octanol–water partition coefficient (Wildman–Crippen LogP) is 4.98. The quantitative estimate of drug-likeness (QED) is 0.806. The minimum Gasteiger partial charge on any atom is -0.314 e. The van der Waals surface area contributed by atoms with Gasteiger partial charge in [-0.05, 0) is 67.2 Å². The Balaban J connectivity index is 2.13. The van der Waals surface area contributed by atoms with Crippen molar-refractivity contribution in [3.05, 3.63) is 35.6 Å². The first-order chi connectivity index (χ1) is 9.97. The molecule has 0 bridgehead atoms. The third-order valence-electron chi connectivity index (χ3n) is 5.06. The summed E-state index contributed by atoms with van der Waals surface area (Å²) in [4.78, 5) is 0. The molecule has 1 aliphatic carbocycles. The van der Waals surface area contributed by atoms with E-state index in [4.69, 9.17) is 0 Å². The van der Waals surface area contributed by atoms with E-state index in [-0.39, 0.29) is 5.82 Å². The first-order valence-electron chi connectivity index (χ1n) is 8.46. The van der Waals surface area contributed by atoms with Gasteiger partial charge in [-0.3, -0.25) is 0 Å². The Morgan fingerprint density at radius 1 is 1.10 bits per heavy atom. The summed E-state index contributed by atoms with van der Waals surface area (Å²) in [5.74, 6) is 2.65. The fourth-order valence-corrected chi connectivity index (χ4v) is 3.62. The summed E-state index contributed by atoms with van der Waals surface area (Å²) < 4.78 is 13.2. The van der Waals surface area contributed by atoms with Crippen LogP contribution in [0.25, 0.3) is 0 Å². The molecule has 1 saturated carbocycles. The van der Waals surface area contributed by atoms with Gasteiger partial charge in [0.15, 0.2) is 0 Å². The standard InChI is InChI=1S/C19H30FN/c1-13(2)16-5-6-17(12-21-14(3)4)19(11-16)15-7-9-18(20)10-8-15/h7-10,13-14,16-17,19,21H,5-6,11-12H2,1-4H3. The third kappa shape index (κ3) is 4.54. The van der Waals surface area contributed by atoms with Crippen molar-refractivity contribution in [1.29, 1.82) is 0 Å². The molecule has 3 unspecified atom stereocenters. The van der Waals surface area contributed by atoms with Crippen molar-refractivity contribution in [1.82, 2.24) is 5.32 Å². The van der Waals surface area contributed by atoms with Crippen LogP contribution in [0.2, 0.25) is 0 Å². The molecule has 0 saturated heterocycles. The molecular formula is C19H30FN. The molecule has 2 rings (SSSR count). The number of halogens is 1. The summed E-state index contributed by atoms with van der Waals surface area (Å²) in [5.41, 5.74) is 1.32. The number of nitrogens with one attached hydrogen (secondary N) is 1. The van der Waals surface area contributed by atoms with Crippen LogP contribution in [0.4, 0.5) is 4.39 Å². The van der Waals surface area contributed by atoms with Crippen molar-refractivity contribution >= 4 is 0 Å². The highest BCUT2D eigenvalue weighted by molar-refractivity contribution is 5.22. The minimum absolute atomic E-state index is 0.133. The summed E-state index contributed by atoms with van der Waals surface area (Å²) in [6, 6.07) is 7.74. The Labute approximate surface area is 129 Å². The molecule has 21 heavy (non-hydrogen) atoms. The summed E-state index contributed by atoms with van der Waals surface area (Å²) >= 11 is 0. The zero-order chi connectivity index (χ0) is 15.4. The average Bonchev–Trinajstić information content (AvgIpc) is 2.45. The van der Waals surface area contributed by atoms with E-state index in [0.29, 0.717) is 17.9 Å². The van der Waals surface area contributed by atoms with Crippen LogP contribution in [0.15, 0.2) is 24.3 Å². The number of rotatable bonds is 5. The van der Waals surface area contributed by atoms with Crippen LogP contribution in [-0.4, -0.2) is 12.6 Å². The Morgan fingerprint density at radius 3 is 2.33 bits per heavy atom. The van der Waals surface area contributed by atoms with Crippen molar-refractivity contribution in [3.63, 3.8) is 0 Å². The number of benzene rings is 1. The minimum atomic E-state index is -0.133. The predicted molar refractivity (Wildman–Crippen MR) is 87.9 cm³/mol. The highest BCUT2D eigenvalue weighted by atomic mass is 19.1. The first kappa shape index (κ1) is 16.5. The van der Waals surface area contributed by atoms with Gasteiger partial charge in [0, 0.05) is 6.04 Å². The van der Waals surface area contributed by atoms with Crippen molar-refractivity contribution in [2.75, 3.05) is 6.54 Å². The van der Waals surface area contributed by atoms with Gasteiger partial charge in [-0.2, -0.15) is 0 Å². The molecule has 1 N–H and O–H groups in total. The van der Waals surface area contributed by atoms with E-state index in [9.17, 15) is 4.39 Å². The zero-order valence-electron chi connectivity index (χ0n) is 13.9. The second-order valence-electron chi connectivity index (χ2n) is 7.30. The Morgan fingerprint density at radius 2 is 1.76 bits per heavy atom. The van der Waals surface area contributed by atoms with E-state index in [1.54, 1.807) is 12.1 Å². The van der Waals surface area contributed by atoms with Gasteiger partial charge in [0.1, 0.15) is 5.82 Å². The number of hydrogen-bond donors (Lipinski definition) is 1. The Kier molecular flexibility index (Phi) is 5.80. The van der Waals surface area contributed by atoms with Crippen LogP contribution in [0.5, 0.6) is 0 Å². The second kappa shape index (κ2) is 7.40. The van der Waals surface area contributed by atoms with E-state index >= 15 is 0 Å². The van der Waals surface area contributed by atoms with Crippen LogP contribution in [-0.2, 0) is 0 Å². The molecule has 0 radical (unpaired) electrons. The summed E-state index contributed by atoms with van der Waals surface area (Å²) in [6.45, 7) is 10.1. The van der Waals surface area contributed by atoms with Crippen LogP contribution in [0.1, 0.15) is 58.4 Å². The van der Waals surface area contributed by atoms with Gasteiger partial charge in [0.25, 0.3) is 0 Å². The van der Waals surface area contributed by atoms with E-state index in [2.05, 4.69) is 33.0 Å². The van der Waals surface area contributed by atoms with E-state index in [0.717, 1.165) is 18.4 Å². The van der Waals surface area contributed by atoms with Gasteiger partial charge in [0.05, 0.1) is 0 Å². The second-order valence-corrected chi connectivity index (χ2v) is 7.30. The Hall–Kier alpha value is -0.890. The molecule has 0 spiro atoms. The van der Waals surface area contributed by atoms with Gasteiger partial charge in [0.2, 0.25) is 0 Å². The molecule has 1 aliphatic rings. The molecule has 0 aromatic heterocycles. The molecule has 3 atom stereocenters. The van der Waals surface area contributed by atoms with Crippen LogP contribution >= 0.6 is 0 Å². The van der Waals surface area contributed by atoms with E-state index in [1.807, 2.05) is 12.1 Å². The van der Waals surface area contributed by atoms with Crippen molar-refractivity contribution < 1.29 is 4.39 Å². The molecule has 0 aliphatic heterocycles. The van der Waals surface area contributed by atoms with Gasteiger partial charge < -0.3 is 5.32 Å². The van der Waals surface area contributed by atoms with Gasteiger partial charge in [-0.25, -0.2) is 4.39 Å². The maximum absolute atomic E-state index is 13.2. The molecule has 2 heteroatoms. The molecule has 0 amide bonds. The zero-order valence-corrected chi connectivity index (χ0v) is 13.9. The molecule has 1 nitrogen and oxygen atoms in total. The van der Waals surface area contributed by atoms with Crippen LogP contribution < -0.4 is 5.32 Å². The van der Waals surface area contributed by atoms with Crippen molar-refractivity contribution in [3.8, 4) is 0 Å². The normalized spacial score (nSPS) is 26.5. The van der Waals surface area contributed by atoms with Crippen molar-refractivity contribution in [2.45, 2.75) is 58.9 Å². The van der Waals surface area contributed by atoms with Gasteiger partial charge >= 0.3 is 0 Å². The largest absolute Gasteiger partial charge is 0.314 e. The third-order valence-corrected chi connectivity index (χ3v) is 5.06. The summed E-state index contributed by atoms with van der Waals surface area (Å²) in [7, 11) is 0. The summed E-state index contributed by atoms with van der Waals surface area (Å²) in [6.07, 6.45) is 3.86. The molecule has 118 valence electrons. The lowest BCUT2D eigenvalue weighted by Crippen LogP contribution is -2.35. The van der Waals surface area contributed by atoms with Crippen LogP contribution in [0, 0.1) is 23.6 Å². The van der Waals surface area contributed by atoms with Gasteiger partial charge in [-0.1, -0.05) is 39.8 Å². The molecule has 1 aromatic rings. The molecular weight excluding hydrogens is 261 g/mol. The van der Waals surface area contributed by atoms with Gasteiger partial charge in [-0.15, -0.1) is 0 Å². The number of hydrogen-bond acceptors (Lipinski definition) is 1. The topological polar surface area (TPSA) is 12.0 Å². The fraction of sp³-hybridized carbons (Fsp3) is 0.684. The molecule has 0 heterocycles. The lowest BCUT2D eigenvalue weighted by atomic mass is 9.68. The van der Waals surface area contributed by atoms with Crippen molar-refractivity contribution in [2.24, 2.45) is 17.8 Å². The van der Waals surface area contributed by atoms with E-state index < -0.39 is 0 Å². The SMILES string of the molecule is CC(C)NCC1CCC(C(C)C)CC1c1ccc(F)cc1. The lowest BCUT2D eigenvalue weighted by Gasteiger charge is -2.38. The highest BCUT2D eigenvalue weighted by Gasteiger charge is 2.32. The molecule has 1 aromatic carbocycles. The fourth-order valence-electron chi connectivity index (χ4n) is 3.62. The highest BCUT2D eigenvalue weighted by Crippen LogP contribution is 2.42. The summed E-state index contributed by atoms with van der Waals surface area (Å²) in [5, 5.41) is 3.60. The smallest absolute Gasteiger partial charge is 0.123 e. The lowest BCUT2D eigenvalue weighted by molar-refractivity contribution is 0.188. The molecule has 1 fully saturated rings. The maximum atomic E-state index is 13.2. The maximum Gasteiger partial charge on any atom is 0.123 e. The monoisotopic (exact) mass is 291 g/mol. The Bertz CT molecular complexity index is 424. The van der Waals surface area contributed by atoms with E-state index in [1.165, 1.54) is 24.8 Å². The first-order valence-corrected chi connectivity index (χ1v) is 8.46.